The Balaban J connectivity index is 2.98. The third-order valence-corrected chi connectivity index (χ3v) is 2.25. The molecule has 0 amide bonds. The third-order valence-electron chi connectivity index (χ3n) is 2.25. The Bertz CT molecular complexity index is 447. The van der Waals surface area contributed by atoms with E-state index in [2.05, 4.69) is 4.74 Å². The van der Waals surface area contributed by atoms with Gasteiger partial charge in [-0.05, 0) is 24.1 Å². The first-order valence-electron chi connectivity index (χ1n) is 4.81. The van der Waals surface area contributed by atoms with Gasteiger partial charge < -0.3 is 15.6 Å². The first kappa shape index (κ1) is 13.1. The van der Waals surface area contributed by atoms with E-state index in [1.54, 1.807) is 0 Å². The van der Waals surface area contributed by atoms with Gasteiger partial charge in [0.2, 0.25) is 0 Å². The highest BCUT2D eigenvalue weighted by Gasteiger charge is 2.18. The zero-order valence-electron chi connectivity index (χ0n) is 9.14. The minimum absolute atomic E-state index is 0.0193. The molecule has 0 aliphatic heterocycles. The lowest BCUT2D eigenvalue weighted by Crippen LogP contribution is -2.34. The number of rotatable bonds is 4. The van der Waals surface area contributed by atoms with E-state index in [1.807, 2.05) is 0 Å². The second-order valence-electron chi connectivity index (χ2n) is 3.44. The second-order valence-corrected chi connectivity index (χ2v) is 3.44. The molecule has 6 heteroatoms. The van der Waals surface area contributed by atoms with Crippen molar-refractivity contribution < 1.29 is 23.8 Å². The highest BCUT2D eigenvalue weighted by atomic mass is 19.1. The average Bonchev–Trinajstić information content (AvgIpc) is 2.29. The van der Waals surface area contributed by atoms with Gasteiger partial charge in [0.05, 0.1) is 12.7 Å². The molecule has 92 valence electrons. The Kier molecular flexibility index (Phi) is 4.17. The van der Waals surface area contributed by atoms with Crippen molar-refractivity contribution in [1.82, 2.24) is 0 Å². The van der Waals surface area contributed by atoms with Crippen LogP contribution in [0.1, 0.15) is 15.9 Å². The smallest absolute Gasteiger partial charge is 0.336 e. The number of aromatic carboxylic acids is 1. The molecule has 0 aliphatic carbocycles. The molecule has 0 radical (unpaired) electrons. The van der Waals surface area contributed by atoms with Crippen LogP contribution in [0.2, 0.25) is 0 Å². The Morgan fingerprint density at radius 2 is 2.18 bits per heavy atom. The lowest BCUT2D eigenvalue weighted by atomic mass is 10.0. The monoisotopic (exact) mass is 241 g/mol. The summed E-state index contributed by atoms with van der Waals surface area (Å²) in [6.45, 7) is 0. The molecule has 0 heterocycles. The van der Waals surface area contributed by atoms with Gasteiger partial charge >= 0.3 is 11.9 Å². The van der Waals surface area contributed by atoms with Crippen LogP contribution in [-0.4, -0.2) is 30.2 Å². The van der Waals surface area contributed by atoms with Crippen LogP contribution in [0, 0.1) is 5.82 Å². The predicted octanol–water partition coefficient (Wildman–Crippen LogP) is 0.567. The molecular weight excluding hydrogens is 229 g/mol. The predicted molar refractivity (Wildman–Crippen MR) is 57.1 cm³/mol. The second kappa shape index (κ2) is 5.40. The summed E-state index contributed by atoms with van der Waals surface area (Å²) < 4.78 is 17.3. The number of esters is 1. The number of hydrogen-bond donors (Lipinski definition) is 2. The molecule has 1 atom stereocenters. The minimum atomic E-state index is -1.27. The van der Waals surface area contributed by atoms with E-state index in [-0.39, 0.29) is 17.5 Å². The Hall–Kier alpha value is -1.95. The van der Waals surface area contributed by atoms with Crippen molar-refractivity contribution in [3.05, 3.63) is 35.1 Å². The topological polar surface area (TPSA) is 89.6 Å². The van der Waals surface area contributed by atoms with Crippen LogP contribution in [0.4, 0.5) is 4.39 Å². The van der Waals surface area contributed by atoms with E-state index in [4.69, 9.17) is 10.8 Å². The first-order valence-corrected chi connectivity index (χ1v) is 4.81. The highest BCUT2D eigenvalue weighted by molar-refractivity contribution is 5.89. The standard InChI is InChI=1S/C11H12FNO4/c1-17-11(16)9(13)4-6-2-3-7(12)5-8(6)10(14)15/h2-3,5,9H,4,13H2,1H3,(H,14,15)/t9-/m1/s1. The molecule has 0 aliphatic rings. The van der Waals surface area contributed by atoms with E-state index in [1.165, 1.54) is 13.2 Å². The zero-order chi connectivity index (χ0) is 13.0. The Labute approximate surface area is 97.0 Å². The van der Waals surface area contributed by atoms with E-state index >= 15 is 0 Å². The van der Waals surface area contributed by atoms with Gasteiger partial charge in [0.25, 0.3) is 0 Å². The molecule has 0 unspecified atom stereocenters. The summed E-state index contributed by atoms with van der Waals surface area (Å²) >= 11 is 0. The number of benzene rings is 1. The molecule has 0 saturated carbocycles. The van der Waals surface area contributed by atoms with Crippen molar-refractivity contribution >= 4 is 11.9 Å². The molecule has 1 rings (SSSR count). The van der Waals surface area contributed by atoms with Crippen LogP contribution >= 0.6 is 0 Å². The summed E-state index contributed by atoms with van der Waals surface area (Å²) in [4.78, 5) is 22.0. The Morgan fingerprint density at radius 1 is 1.53 bits per heavy atom. The van der Waals surface area contributed by atoms with E-state index in [0.29, 0.717) is 0 Å². The first-order chi connectivity index (χ1) is 7.95. The summed E-state index contributed by atoms with van der Waals surface area (Å²) in [5.41, 5.74) is 5.59. The highest BCUT2D eigenvalue weighted by Crippen LogP contribution is 2.13. The number of carbonyl (C=O) groups excluding carboxylic acids is 1. The maximum atomic E-state index is 12.9. The zero-order valence-corrected chi connectivity index (χ0v) is 9.14. The number of ether oxygens (including phenoxy) is 1. The Morgan fingerprint density at radius 3 is 2.71 bits per heavy atom. The number of carboxylic acid groups (broad SMARTS) is 1. The molecule has 0 fully saturated rings. The number of halogens is 1. The van der Waals surface area contributed by atoms with Gasteiger partial charge in [-0.3, -0.25) is 4.79 Å². The molecule has 5 nitrogen and oxygen atoms in total. The van der Waals surface area contributed by atoms with E-state index in [9.17, 15) is 14.0 Å². The number of hydrogen-bond acceptors (Lipinski definition) is 4. The lowest BCUT2D eigenvalue weighted by Gasteiger charge is -2.11. The minimum Gasteiger partial charge on any atom is -0.478 e. The van der Waals surface area contributed by atoms with Gasteiger partial charge in [-0.15, -0.1) is 0 Å². The SMILES string of the molecule is COC(=O)[C@H](N)Cc1ccc(F)cc1C(=O)O. The van der Waals surface area contributed by atoms with Gasteiger partial charge in [-0.1, -0.05) is 6.07 Å². The fraction of sp³-hybridized carbons (Fsp3) is 0.273. The fourth-order valence-electron chi connectivity index (χ4n) is 1.40. The maximum Gasteiger partial charge on any atom is 0.336 e. The lowest BCUT2D eigenvalue weighted by molar-refractivity contribution is -0.142. The molecule has 0 saturated heterocycles. The van der Waals surface area contributed by atoms with Gasteiger partial charge in [-0.2, -0.15) is 0 Å². The van der Waals surface area contributed by atoms with Crippen molar-refractivity contribution in [3.8, 4) is 0 Å². The van der Waals surface area contributed by atoms with Gasteiger partial charge in [-0.25, -0.2) is 9.18 Å². The van der Waals surface area contributed by atoms with Gasteiger partial charge in [0.15, 0.2) is 0 Å². The summed E-state index contributed by atoms with van der Waals surface area (Å²) in [6.07, 6.45) is -0.0193. The van der Waals surface area contributed by atoms with Crippen LogP contribution in [0.3, 0.4) is 0 Å². The molecule has 3 N–H and O–H groups in total. The average molecular weight is 241 g/mol. The van der Waals surface area contributed by atoms with Crippen molar-refractivity contribution in [2.75, 3.05) is 7.11 Å². The van der Waals surface area contributed by atoms with Crippen LogP contribution < -0.4 is 5.73 Å². The fourth-order valence-corrected chi connectivity index (χ4v) is 1.40. The van der Waals surface area contributed by atoms with Crippen molar-refractivity contribution in [2.24, 2.45) is 5.73 Å². The molecule has 1 aromatic rings. The number of methoxy groups -OCH3 is 1. The maximum absolute atomic E-state index is 12.9. The van der Waals surface area contributed by atoms with Crippen LogP contribution in [0.5, 0.6) is 0 Å². The molecule has 1 aromatic carbocycles. The van der Waals surface area contributed by atoms with Crippen LogP contribution in [0.15, 0.2) is 18.2 Å². The van der Waals surface area contributed by atoms with Gasteiger partial charge in [0, 0.05) is 0 Å². The molecule has 0 spiro atoms. The normalized spacial score (nSPS) is 11.9. The van der Waals surface area contributed by atoms with E-state index in [0.717, 1.165) is 12.1 Å². The summed E-state index contributed by atoms with van der Waals surface area (Å²) in [5.74, 6) is -2.57. The van der Waals surface area contributed by atoms with E-state index < -0.39 is 23.8 Å². The van der Waals surface area contributed by atoms with Crippen molar-refractivity contribution in [3.63, 3.8) is 0 Å². The number of nitrogens with two attached hydrogens (primary N) is 1. The number of carbonyl (C=O) groups is 2. The molecule has 0 bridgehead atoms. The van der Waals surface area contributed by atoms with Crippen molar-refractivity contribution in [1.29, 1.82) is 0 Å². The summed E-state index contributed by atoms with van der Waals surface area (Å²) in [6, 6.07) is 2.33. The largest absolute Gasteiger partial charge is 0.478 e. The quantitative estimate of drug-likeness (QED) is 0.752. The number of carboxylic acids is 1. The summed E-state index contributed by atoms with van der Waals surface area (Å²) in [5, 5.41) is 8.88. The molecule has 17 heavy (non-hydrogen) atoms. The third kappa shape index (κ3) is 3.25. The van der Waals surface area contributed by atoms with Crippen LogP contribution in [-0.2, 0) is 16.0 Å². The van der Waals surface area contributed by atoms with Crippen molar-refractivity contribution in [2.45, 2.75) is 12.5 Å². The molecular formula is C11H12FNO4. The molecule has 0 aromatic heterocycles. The summed E-state index contributed by atoms with van der Waals surface area (Å²) in [7, 11) is 1.19. The van der Waals surface area contributed by atoms with Gasteiger partial charge in [0.1, 0.15) is 11.9 Å². The van der Waals surface area contributed by atoms with Crippen LogP contribution in [0.25, 0.3) is 0 Å².